The molecular formula is C17H13N5O3S2. The fourth-order valence-electron chi connectivity index (χ4n) is 2.57. The van der Waals surface area contributed by atoms with Gasteiger partial charge in [0.2, 0.25) is 5.71 Å². The minimum Gasteiger partial charge on any atom is -0.442 e. The number of aromatic nitrogens is 4. The summed E-state index contributed by atoms with van der Waals surface area (Å²) in [5.74, 6) is -0.0670. The molecule has 0 atom stereocenters. The van der Waals surface area contributed by atoms with E-state index in [0.717, 1.165) is 9.24 Å². The molecule has 0 saturated heterocycles. The van der Waals surface area contributed by atoms with E-state index in [1.54, 1.807) is 31.6 Å². The number of carbonyl (C=O) groups excluding carboxylic acids is 1. The lowest BCUT2D eigenvalue weighted by Gasteiger charge is -2.06. The second-order valence-corrected chi connectivity index (χ2v) is 7.81. The zero-order valence-electron chi connectivity index (χ0n) is 14.3. The second kappa shape index (κ2) is 6.97. The number of anilines is 1. The first-order valence-electron chi connectivity index (χ1n) is 7.83. The number of aryl methyl sites for hydroxylation is 2. The summed E-state index contributed by atoms with van der Waals surface area (Å²) in [4.78, 5) is 30.2. The van der Waals surface area contributed by atoms with Gasteiger partial charge in [-0.2, -0.15) is 0 Å². The van der Waals surface area contributed by atoms with E-state index < -0.39 is 5.91 Å². The first kappa shape index (κ1) is 17.4. The molecule has 0 fully saturated rings. The van der Waals surface area contributed by atoms with Gasteiger partial charge < -0.3 is 14.3 Å². The van der Waals surface area contributed by atoms with E-state index in [-0.39, 0.29) is 22.2 Å². The number of hydrogen-bond donors (Lipinski definition) is 1. The summed E-state index contributed by atoms with van der Waals surface area (Å²) in [7, 11) is 1.58. The SMILES string of the molecule is Cc1oc2ncn(C)c(=O)c2c1C(=O)Nc1ccc(Sc2nncs2)cc1. The molecule has 8 nitrogen and oxygen atoms in total. The molecule has 0 unspecified atom stereocenters. The molecule has 1 aromatic carbocycles. The van der Waals surface area contributed by atoms with Crippen LogP contribution in [0, 0.1) is 6.92 Å². The first-order chi connectivity index (χ1) is 13.0. The van der Waals surface area contributed by atoms with Crippen LogP contribution in [0.25, 0.3) is 11.1 Å². The third-order valence-electron chi connectivity index (χ3n) is 3.83. The molecule has 10 heteroatoms. The van der Waals surface area contributed by atoms with Gasteiger partial charge >= 0.3 is 0 Å². The molecule has 3 heterocycles. The number of nitrogens with zero attached hydrogens (tertiary/aromatic N) is 4. The van der Waals surface area contributed by atoms with Crippen molar-refractivity contribution in [1.82, 2.24) is 19.7 Å². The summed E-state index contributed by atoms with van der Waals surface area (Å²) in [6, 6.07) is 7.33. The van der Waals surface area contributed by atoms with Gasteiger partial charge in [0.25, 0.3) is 11.5 Å². The standard InChI is InChI=1S/C17H13N5O3S2/c1-9-12(13-15(25-9)18-7-22(2)16(13)24)14(23)20-10-3-5-11(6-4-10)27-17-21-19-8-26-17/h3-8H,1-2H3,(H,20,23). The van der Waals surface area contributed by atoms with Gasteiger partial charge in [0.15, 0.2) is 4.34 Å². The monoisotopic (exact) mass is 399 g/mol. The summed E-state index contributed by atoms with van der Waals surface area (Å²) in [5, 5.41) is 10.8. The molecule has 27 heavy (non-hydrogen) atoms. The van der Waals surface area contributed by atoms with Crippen molar-refractivity contribution in [2.45, 2.75) is 16.2 Å². The van der Waals surface area contributed by atoms with Gasteiger partial charge in [0.1, 0.15) is 23.0 Å². The van der Waals surface area contributed by atoms with Gasteiger partial charge in [-0.05, 0) is 31.2 Å². The predicted molar refractivity (Wildman–Crippen MR) is 102 cm³/mol. The van der Waals surface area contributed by atoms with Gasteiger partial charge in [-0.1, -0.05) is 23.1 Å². The van der Waals surface area contributed by atoms with Gasteiger partial charge in [-0.3, -0.25) is 9.59 Å². The summed E-state index contributed by atoms with van der Waals surface area (Å²) in [6.07, 6.45) is 1.36. The fourth-order valence-corrected chi connectivity index (χ4v) is 4.02. The average Bonchev–Trinajstić information content (AvgIpc) is 3.27. The van der Waals surface area contributed by atoms with Crippen molar-refractivity contribution in [2.24, 2.45) is 7.05 Å². The Balaban J connectivity index is 1.59. The van der Waals surface area contributed by atoms with Crippen LogP contribution in [0.15, 0.2) is 54.6 Å². The molecule has 4 aromatic rings. The molecule has 3 aromatic heterocycles. The number of rotatable bonds is 4. The maximum absolute atomic E-state index is 12.7. The lowest BCUT2D eigenvalue weighted by molar-refractivity contribution is 0.102. The molecule has 0 radical (unpaired) electrons. The summed E-state index contributed by atoms with van der Waals surface area (Å²) >= 11 is 2.95. The predicted octanol–water partition coefficient (Wildman–Crippen LogP) is 3.09. The maximum atomic E-state index is 12.7. The third-order valence-corrected chi connectivity index (χ3v) is 5.62. The normalized spacial score (nSPS) is 11.0. The van der Waals surface area contributed by atoms with E-state index in [9.17, 15) is 9.59 Å². The molecule has 1 N–H and O–H groups in total. The number of nitrogens with one attached hydrogen (secondary N) is 1. The van der Waals surface area contributed by atoms with E-state index in [1.807, 2.05) is 12.1 Å². The van der Waals surface area contributed by atoms with Crippen molar-refractivity contribution < 1.29 is 9.21 Å². The number of hydrogen-bond acceptors (Lipinski definition) is 8. The zero-order chi connectivity index (χ0) is 19.0. The highest BCUT2D eigenvalue weighted by molar-refractivity contribution is 8.01. The minimum atomic E-state index is -0.416. The van der Waals surface area contributed by atoms with Crippen LogP contribution < -0.4 is 10.9 Å². The van der Waals surface area contributed by atoms with Gasteiger partial charge in [0.05, 0.1) is 5.56 Å². The molecule has 0 aliphatic rings. The van der Waals surface area contributed by atoms with Crippen LogP contribution in [0.1, 0.15) is 16.1 Å². The first-order valence-corrected chi connectivity index (χ1v) is 9.52. The van der Waals surface area contributed by atoms with E-state index in [2.05, 4.69) is 20.5 Å². The van der Waals surface area contributed by atoms with E-state index in [0.29, 0.717) is 11.4 Å². The molecule has 0 aliphatic carbocycles. The molecule has 0 saturated carbocycles. The van der Waals surface area contributed by atoms with Crippen LogP contribution in [0.3, 0.4) is 0 Å². The van der Waals surface area contributed by atoms with Crippen LogP contribution in [-0.2, 0) is 7.05 Å². The number of benzene rings is 1. The van der Waals surface area contributed by atoms with Crippen molar-refractivity contribution in [3.63, 3.8) is 0 Å². The van der Waals surface area contributed by atoms with E-state index in [4.69, 9.17) is 4.42 Å². The smallest absolute Gasteiger partial charge is 0.265 e. The largest absolute Gasteiger partial charge is 0.442 e. The topological polar surface area (TPSA) is 103 Å². The maximum Gasteiger partial charge on any atom is 0.265 e. The van der Waals surface area contributed by atoms with E-state index in [1.165, 1.54) is 34.0 Å². The van der Waals surface area contributed by atoms with Crippen LogP contribution in [0.4, 0.5) is 5.69 Å². The van der Waals surface area contributed by atoms with Gasteiger partial charge in [0, 0.05) is 17.6 Å². The highest BCUT2D eigenvalue weighted by Gasteiger charge is 2.22. The van der Waals surface area contributed by atoms with Crippen LogP contribution in [0.2, 0.25) is 0 Å². The van der Waals surface area contributed by atoms with Crippen molar-refractivity contribution >= 4 is 45.8 Å². The van der Waals surface area contributed by atoms with Crippen molar-refractivity contribution in [1.29, 1.82) is 0 Å². The lowest BCUT2D eigenvalue weighted by atomic mass is 10.1. The highest BCUT2D eigenvalue weighted by atomic mass is 32.2. The number of furan rings is 1. The molecule has 136 valence electrons. The Bertz CT molecular complexity index is 1180. The highest BCUT2D eigenvalue weighted by Crippen LogP contribution is 2.29. The minimum absolute atomic E-state index is 0.157. The number of fused-ring (bicyclic) bond motifs is 1. The molecule has 0 aliphatic heterocycles. The van der Waals surface area contributed by atoms with Crippen LogP contribution in [-0.4, -0.2) is 25.7 Å². The summed E-state index contributed by atoms with van der Waals surface area (Å²) in [5.41, 5.74) is 2.31. The molecule has 0 bridgehead atoms. The Kier molecular flexibility index (Phi) is 4.50. The Hall–Kier alpha value is -2.98. The molecular weight excluding hydrogens is 386 g/mol. The summed E-state index contributed by atoms with van der Waals surface area (Å²) < 4.78 is 7.63. The summed E-state index contributed by atoms with van der Waals surface area (Å²) in [6.45, 7) is 1.64. The van der Waals surface area contributed by atoms with Crippen molar-refractivity contribution in [3.05, 3.63) is 57.8 Å². The average molecular weight is 399 g/mol. The van der Waals surface area contributed by atoms with Gasteiger partial charge in [-0.25, -0.2) is 4.98 Å². The molecule has 4 rings (SSSR count). The van der Waals surface area contributed by atoms with E-state index >= 15 is 0 Å². The fraction of sp³-hybridized carbons (Fsp3) is 0.118. The Morgan fingerprint density at radius 1 is 1.30 bits per heavy atom. The molecule has 1 amide bonds. The molecule has 0 spiro atoms. The van der Waals surface area contributed by atoms with Crippen molar-refractivity contribution in [2.75, 3.05) is 5.32 Å². The Morgan fingerprint density at radius 3 is 2.78 bits per heavy atom. The number of amides is 1. The lowest BCUT2D eigenvalue weighted by Crippen LogP contribution is -2.20. The van der Waals surface area contributed by atoms with Crippen LogP contribution in [0.5, 0.6) is 0 Å². The zero-order valence-corrected chi connectivity index (χ0v) is 15.9. The Labute approximate surface area is 161 Å². The van der Waals surface area contributed by atoms with Crippen molar-refractivity contribution in [3.8, 4) is 0 Å². The second-order valence-electron chi connectivity index (χ2n) is 5.66. The van der Waals surface area contributed by atoms with Gasteiger partial charge in [-0.15, -0.1) is 10.2 Å². The Morgan fingerprint density at radius 2 is 2.07 bits per heavy atom. The quantitative estimate of drug-likeness (QED) is 0.562. The third kappa shape index (κ3) is 3.36. The number of carbonyl (C=O) groups is 1. The van der Waals surface area contributed by atoms with Crippen LogP contribution >= 0.6 is 23.1 Å².